The van der Waals surface area contributed by atoms with Gasteiger partial charge in [-0.15, -0.1) is 0 Å². The summed E-state index contributed by atoms with van der Waals surface area (Å²) in [6, 6.07) is 8.59. The number of benzene rings is 1. The minimum Gasteiger partial charge on any atom is -0.342 e. The van der Waals surface area contributed by atoms with E-state index in [1.807, 2.05) is 0 Å². The number of halogens is 1. The van der Waals surface area contributed by atoms with E-state index in [0.717, 1.165) is 51.1 Å². The third-order valence-electron chi connectivity index (χ3n) is 5.20. The van der Waals surface area contributed by atoms with Gasteiger partial charge in [0.2, 0.25) is 5.91 Å². The van der Waals surface area contributed by atoms with Crippen molar-refractivity contribution in [2.45, 2.75) is 43.9 Å². The first kappa shape index (κ1) is 15.1. The Morgan fingerprint density at radius 3 is 2.52 bits per heavy atom. The number of hydrogen-bond donors (Lipinski definition) is 0. The van der Waals surface area contributed by atoms with Crippen LogP contribution >= 0.6 is 15.9 Å². The lowest BCUT2D eigenvalue weighted by Gasteiger charge is -2.36. The number of amides is 1. The molecule has 0 saturated carbocycles. The Morgan fingerprint density at radius 1 is 1.19 bits per heavy atom. The Labute approximate surface area is 136 Å². The Morgan fingerprint density at radius 2 is 1.86 bits per heavy atom. The summed E-state index contributed by atoms with van der Waals surface area (Å²) in [7, 11) is 0. The highest BCUT2D eigenvalue weighted by atomic mass is 79.9. The van der Waals surface area contributed by atoms with E-state index in [0.29, 0.717) is 10.7 Å². The molecule has 1 amide bonds. The van der Waals surface area contributed by atoms with Crippen LogP contribution in [0.2, 0.25) is 0 Å². The van der Waals surface area contributed by atoms with Gasteiger partial charge in [0.15, 0.2) is 0 Å². The number of aryl methyl sites for hydroxylation is 1. The molecule has 1 aliphatic heterocycles. The van der Waals surface area contributed by atoms with Crippen molar-refractivity contribution in [3.05, 3.63) is 35.4 Å². The van der Waals surface area contributed by atoms with Crippen LogP contribution in [0.5, 0.6) is 0 Å². The van der Waals surface area contributed by atoms with Gasteiger partial charge in [0, 0.05) is 23.8 Å². The van der Waals surface area contributed by atoms with Gasteiger partial charge in [-0.3, -0.25) is 4.79 Å². The van der Waals surface area contributed by atoms with Crippen LogP contribution in [0, 0.1) is 11.8 Å². The van der Waals surface area contributed by atoms with Crippen LogP contribution < -0.4 is 0 Å². The van der Waals surface area contributed by atoms with E-state index in [1.54, 1.807) is 0 Å². The first-order chi connectivity index (χ1) is 10.1. The molecule has 114 valence electrons. The first-order valence-corrected chi connectivity index (χ1v) is 9.06. The molecular weight excluding hydrogens is 326 g/mol. The van der Waals surface area contributed by atoms with Crippen molar-refractivity contribution in [2.75, 3.05) is 13.1 Å². The lowest BCUT2D eigenvalue weighted by Crippen LogP contribution is -2.44. The summed E-state index contributed by atoms with van der Waals surface area (Å²) in [5.41, 5.74) is 2.82. The Balaban J connectivity index is 1.60. The second-order valence-corrected chi connectivity index (χ2v) is 7.99. The van der Waals surface area contributed by atoms with E-state index < -0.39 is 0 Å². The number of likely N-dealkylation sites (tertiary alicyclic amines) is 1. The zero-order chi connectivity index (χ0) is 14.8. The third kappa shape index (κ3) is 3.33. The summed E-state index contributed by atoms with van der Waals surface area (Å²) in [4.78, 5) is 15.4. The summed E-state index contributed by atoms with van der Waals surface area (Å²) in [6.07, 6.45) is 5.29. The number of nitrogens with zero attached hydrogens (tertiary/aromatic N) is 1. The number of carbonyl (C=O) groups is 1. The van der Waals surface area contributed by atoms with Crippen LogP contribution in [0.4, 0.5) is 0 Å². The van der Waals surface area contributed by atoms with Gasteiger partial charge in [-0.2, -0.15) is 0 Å². The molecule has 1 aliphatic carbocycles. The molecule has 2 unspecified atom stereocenters. The quantitative estimate of drug-likeness (QED) is 0.743. The van der Waals surface area contributed by atoms with Crippen molar-refractivity contribution in [3.63, 3.8) is 0 Å². The smallest absolute Gasteiger partial charge is 0.226 e. The van der Waals surface area contributed by atoms with Gasteiger partial charge in [-0.1, -0.05) is 47.1 Å². The molecule has 1 aromatic carbocycles. The molecule has 0 spiro atoms. The standard InChI is InChI=1S/C18H24BrNO/c1-13(19)14-8-10-20(11-9-14)18(21)17-7-6-15-4-2-3-5-16(15)12-17/h2-5,13-14,17H,6-12H2,1H3. The number of rotatable bonds is 2. The minimum absolute atomic E-state index is 0.206. The van der Waals surface area contributed by atoms with Crippen LogP contribution in [0.3, 0.4) is 0 Å². The highest BCUT2D eigenvalue weighted by molar-refractivity contribution is 9.09. The topological polar surface area (TPSA) is 20.3 Å². The summed E-state index contributed by atoms with van der Waals surface area (Å²) >= 11 is 3.68. The fourth-order valence-corrected chi connectivity index (χ4v) is 4.27. The van der Waals surface area contributed by atoms with Crippen LogP contribution in [-0.2, 0) is 17.6 Å². The van der Waals surface area contributed by atoms with Gasteiger partial charge in [-0.25, -0.2) is 0 Å². The molecule has 0 radical (unpaired) electrons. The molecule has 3 rings (SSSR count). The van der Waals surface area contributed by atoms with Crippen LogP contribution in [0.25, 0.3) is 0 Å². The van der Waals surface area contributed by atoms with E-state index in [1.165, 1.54) is 11.1 Å². The average molecular weight is 350 g/mol. The van der Waals surface area contributed by atoms with Crippen molar-refractivity contribution in [1.82, 2.24) is 4.90 Å². The van der Waals surface area contributed by atoms with Gasteiger partial charge in [-0.05, 0) is 49.1 Å². The fraction of sp³-hybridized carbons (Fsp3) is 0.611. The van der Waals surface area contributed by atoms with E-state index in [9.17, 15) is 4.79 Å². The second-order valence-electron chi connectivity index (χ2n) is 6.55. The molecule has 21 heavy (non-hydrogen) atoms. The minimum atomic E-state index is 0.206. The number of carbonyl (C=O) groups excluding carboxylic acids is 1. The van der Waals surface area contributed by atoms with Crippen molar-refractivity contribution >= 4 is 21.8 Å². The predicted molar refractivity (Wildman–Crippen MR) is 89.7 cm³/mol. The number of fused-ring (bicyclic) bond motifs is 1. The van der Waals surface area contributed by atoms with Gasteiger partial charge < -0.3 is 4.90 Å². The molecule has 2 atom stereocenters. The molecule has 0 bridgehead atoms. The largest absolute Gasteiger partial charge is 0.342 e. The Bertz CT molecular complexity index is 506. The maximum Gasteiger partial charge on any atom is 0.226 e. The zero-order valence-electron chi connectivity index (χ0n) is 12.7. The Hall–Kier alpha value is -0.830. The normalized spacial score (nSPS) is 24.5. The molecule has 0 N–H and O–H groups in total. The zero-order valence-corrected chi connectivity index (χ0v) is 14.3. The maximum atomic E-state index is 12.8. The predicted octanol–water partition coefficient (Wildman–Crippen LogP) is 3.81. The Kier molecular flexibility index (Phi) is 4.68. The molecule has 1 fully saturated rings. The highest BCUT2D eigenvalue weighted by Gasteiger charge is 2.31. The summed E-state index contributed by atoms with van der Waals surface area (Å²) in [6.45, 7) is 4.11. The number of piperidine rings is 1. The van der Waals surface area contributed by atoms with Crippen molar-refractivity contribution in [3.8, 4) is 0 Å². The van der Waals surface area contributed by atoms with E-state index >= 15 is 0 Å². The maximum absolute atomic E-state index is 12.8. The molecule has 3 heteroatoms. The van der Waals surface area contributed by atoms with E-state index in [4.69, 9.17) is 0 Å². The lowest BCUT2D eigenvalue weighted by atomic mass is 9.82. The molecule has 0 aromatic heterocycles. The molecule has 2 nitrogen and oxygen atoms in total. The fourth-order valence-electron chi connectivity index (χ4n) is 3.75. The molecule has 2 aliphatic rings. The van der Waals surface area contributed by atoms with Gasteiger partial charge in [0.05, 0.1) is 0 Å². The van der Waals surface area contributed by atoms with Crippen LogP contribution in [0.15, 0.2) is 24.3 Å². The second kappa shape index (κ2) is 6.51. The van der Waals surface area contributed by atoms with E-state index in [-0.39, 0.29) is 5.92 Å². The van der Waals surface area contributed by atoms with Crippen LogP contribution in [0.1, 0.15) is 37.3 Å². The van der Waals surface area contributed by atoms with Gasteiger partial charge in [0.1, 0.15) is 0 Å². The van der Waals surface area contributed by atoms with Crippen molar-refractivity contribution < 1.29 is 4.79 Å². The first-order valence-electron chi connectivity index (χ1n) is 8.15. The number of hydrogen-bond acceptors (Lipinski definition) is 1. The molecule has 1 heterocycles. The lowest BCUT2D eigenvalue weighted by molar-refractivity contribution is -0.137. The monoisotopic (exact) mass is 349 g/mol. The summed E-state index contributed by atoms with van der Waals surface area (Å²) in [5.74, 6) is 1.32. The summed E-state index contributed by atoms with van der Waals surface area (Å²) < 4.78 is 0. The van der Waals surface area contributed by atoms with Crippen molar-refractivity contribution in [1.29, 1.82) is 0 Å². The van der Waals surface area contributed by atoms with E-state index in [2.05, 4.69) is 52.0 Å². The molecule has 1 saturated heterocycles. The number of alkyl halides is 1. The average Bonchev–Trinajstić information content (AvgIpc) is 2.54. The molecular formula is C18H24BrNO. The van der Waals surface area contributed by atoms with Crippen molar-refractivity contribution in [2.24, 2.45) is 11.8 Å². The van der Waals surface area contributed by atoms with Gasteiger partial charge in [0.25, 0.3) is 0 Å². The SMILES string of the molecule is CC(Br)C1CCN(C(=O)C2CCc3ccccc3C2)CC1. The summed E-state index contributed by atoms with van der Waals surface area (Å²) in [5, 5.41) is 0. The third-order valence-corrected chi connectivity index (χ3v) is 5.94. The molecule has 1 aromatic rings. The van der Waals surface area contributed by atoms with Crippen LogP contribution in [-0.4, -0.2) is 28.7 Å². The van der Waals surface area contributed by atoms with Gasteiger partial charge >= 0.3 is 0 Å². The highest BCUT2D eigenvalue weighted by Crippen LogP contribution is 2.30.